The van der Waals surface area contributed by atoms with Gasteiger partial charge in [0.2, 0.25) is 0 Å². The molecule has 0 aliphatic carbocycles. The molecule has 6 nitrogen and oxygen atoms in total. The second-order valence-electron chi connectivity index (χ2n) is 8.03. The Morgan fingerprint density at radius 1 is 1.28 bits per heavy atom. The van der Waals surface area contributed by atoms with Crippen LogP contribution in [0.15, 0.2) is 24.3 Å². The molecule has 8 heteroatoms. The van der Waals surface area contributed by atoms with Crippen molar-refractivity contribution in [3.63, 3.8) is 0 Å². The van der Waals surface area contributed by atoms with Gasteiger partial charge in [-0.15, -0.1) is 0 Å². The van der Waals surface area contributed by atoms with Gasteiger partial charge in [-0.2, -0.15) is 5.10 Å². The standard InChI is InChI=1S/C21H26Cl2N4O2/c1-13-9-18(25-27(13)19-5-4-15(22)10-17(19)23)21(28)26-7-2-3-14(12-26)20-11-16(24)6-8-29-20/h4-5,9-10,14,16,20H,2-3,6-8,11-12,24H2,1H3. The molecule has 0 radical (unpaired) electrons. The van der Waals surface area contributed by atoms with E-state index in [0.717, 1.165) is 37.9 Å². The summed E-state index contributed by atoms with van der Waals surface area (Å²) in [5.41, 5.74) is 8.09. The fourth-order valence-electron chi connectivity index (χ4n) is 4.32. The first-order valence-electron chi connectivity index (χ1n) is 10.1. The van der Waals surface area contributed by atoms with Crippen molar-refractivity contribution in [2.75, 3.05) is 19.7 Å². The molecule has 1 aromatic heterocycles. The molecule has 2 fully saturated rings. The molecule has 3 unspecified atom stereocenters. The maximum absolute atomic E-state index is 13.2. The lowest BCUT2D eigenvalue weighted by atomic mass is 9.87. The Morgan fingerprint density at radius 3 is 2.86 bits per heavy atom. The molecule has 2 saturated heterocycles. The third-order valence-electron chi connectivity index (χ3n) is 5.87. The van der Waals surface area contributed by atoms with Gasteiger partial charge in [0.25, 0.3) is 5.91 Å². The Kier molecular flexibility index (Phi) is 6.16. The zero-order chi connectivity index (χ0) is 20.5. The Morgan fingerprint density at radius 2 is 2.10 bits per heavy atom. The third-order valence-corrected chi connectivity index (χ3v) is 6.41. The van der Waals surface area contributed by atoms with Crippen LogP contribution in [0, 0.1) is 12.8 Å². The van der Waals surface area contributed by atoms with Crippen LogP contribution in [0.2, 0.25) is 10.0 Å². The summed E-state index contributed by atoms with van der Waals surface area (Å²) in [7, 11) is 0. The van der Waals surface area contributed by atoms with Gasteiger partial charge in [0, 0.05) is 42.4 Å². The molecule has 0 spiro atoms. The quantitative estimate of drug-likeness (QED) is 0.792. The minimum absolute atomic E-state index is 0.0539. The number of nitrogens with two attached hydrogens (primary N) is 1. The number of carbonyl (C=O) groups is 1. The van der Waals surface area contributed by atoms with Crippen LogP contribution in [0.5, 0.6) is 0 Å². The number of piperidine rings is 1. The summed E-state index contributed by atoms with van der Waals surface area (Å²) >= 11 is 12.3. The Bertz CT molecular complexity index is 901. The fourth-order valence-corrected chi connectivity index (χ4v) is 4.81. The molecule has 1 amide bonds. The number of hydrogen-bond acceptors (Lipinski definition) is 4. The zero-order valence-corrected chi connectivity index (χ0v) is 18.0. The van der Waals surface area contributed by atoms with Crippen molar-refractivity contribution in [1.82, 2.24) is 14.7 Å². The average Bonchev–Trinajstić information content (AvgIpc) is 3.09. The minimum Gasteiger partial charge on any atom is -0.378 e. The van der Waals surface area contributed by atoms with Crippen molar-refractivity contribution in [2.45, 2.75) is 44.8 Å². The Balaban J connectivity index is 1.51. The number of nitrogens with zero attached hydrogens (tertiary/aromatic N) is 3. The van der Waals surface area contributed by atoms with E-state index in [9.17, 15) is 4.79 Å². The number of aromatic nitrogens is 2. The summed E-state index contributed by atoms with van der Waals surface area (Å²) in [5, 5.41) is 5.59. The van der Waals surface area contributed by atoms with E-state index in [1.165, 1.54) is 0 Å². The summed E-state index contributed by atoms with van der Waals surface area (Å²) < 4.78 is 7.65. The maximum Gasteiger partial charge on any atom is 0.274 e. The van der Waals surface area contributed by atoms with Crippen molar-refractivity contribution in [1.29, 1.82) is 0 Å². The first-order chi connectivity index (χ1) is 13.9. The highest BCUT2D eigenvalue weighted by atomic mass is 35.5. The number of halogens is 2. The lowest BCUT2D eigenvalue weighted by Gasteiger charge is -2.39. The van der Waals surface area contributed by atoms with E-state index in [2.05, 4.69) is 5.10 Å². The summed E-state index contributed by atoms with van der Waals surface area (Å²) in [5.74, 6) is 0.273. The minimum atomic E-state index is -0.0539. The van der Waals surface area contributed by atoms with Gasteiger partial charge < -0.3 is 15.4 Å². The second-order valence-corrected chi connectivity index (χ2v) is 8.87. The van der Waals surface area contributed by atoms with Crippen molar-refractivity contribution in [3.8, 4) is 5.69 Å². The maximum atomic E-state index is 13.2. The van der Waals surface area contributed by atoms with Crippen LogP contribution >= 0.6 is 23.2 Å². The largest absolute Gasteiger partial charge is 0.378 e. The summed E-state index contributed by atoms with van der Waals surface area (Å²) in [6, 6.07) is 7.24. The zero-order valence-electron chi connectivity index (χ0n) is 16.5. The van der Waals surface area contributed by atoms with Gasteiger partial charge in [-0.3, -0.25) is 4.79 Å². The number of hydrogen-bond donors (Lipinski definition) is 1. The summed E-state index contributed by atoms with van der Waals surface area (Å²) in [6.07, 6.45) is 3.95. The number of benzene rings is 1. The van der Waals surface area contributed by atoms with Gasteiger partial charge in [0.1, 0.15) is 0 Å². The highest BCUT2D eigenvalue weighted by Crippen LogP contribution is 2.29. The van der Waals surface area contributed by atoms with E-state index < -0.39 is 0 Å². The predicted octanol–water partition coefficient (Wildman–Crippen LogP) is 3.85. The number of likely N-dealkylation sites (tertiary alicyclic amines) is 1. The molecule has 3 atom stereocenters. The number of aryl methyl sites for hydroxylation is 1. The molecule has 4 rings (SSSR count). The number of amides is 1. The van der Waals surface area contributed by atoms with Crippen LogP contribution < -0.4 is 5.73 Å². The van der Waals surface area contributed by atoms with Crippen LogP contribution in [0.3, 0.4) is 0 Å². The van der Waals surface area contributed by atoms with Gasteiger partial charge in [0.15, 0.2) is 5.69 Å². The van der Waals surface area contributed by atoms with Crippen LogP contribution in [0.4, 0.5) is 0 Å². The molecule has 2 aliphatic rings. The molecule has 29 heavy (non-hydrogen) atoms. The van der Waals surface area contributed by atoms with Gasteiger partial charge in [-0.25, -0.2) is 4.68 Å². The lowest BCUT2D eigenvalue weighted by molar-refractivity contribution is -0.0440. The van der Waals surface area contributed by atoms with Crippen molar-refractivity contribution in [3.05, 3.63) is 45.7 Å². The number of carbonyl (C=O) groups excluding carboxylic acids is 1. The molecular weight excluding hydrogens is 411 g/mol. The van der Waals surface area contributed by atoms with Gasteiger partial charge in [-0.1, -0.05) is 23.2 Å². The van der Waals surface area contributed by atoms with Gasteiger partial charge in [-0.05, 0) is 56.9 Å². The summed E-state index contributed by atoms with van der Waals surface area (Å²) in [6.45, 7) is 4.04. The van der Waals surface area contributed by atoms with Crippen molar-refractivity contribution >= 4 is 29.1 Å². The SMILES string of the molecule is Cc1cc(C(=O)N2CCCC(C3CC(N)CCO3)C2)nn1-c1ccc(Cl)cc1Cl. The van der Waals surface area contributed by atoms with E-state index in [-0.39, 0.29) is 18.1 Å². The van der Waals surface area contributed by atoms with Crippen LogP contribution in [0.25, 0.3) is 5.69 Å². The molecule has 2 aromatic rings. The molecule has 156 valence electrons. The fraction of sp³-hybridized carbons (Fsp3) is 0.524. The molecule has 1 aromatic carbocycles. The highest BCUT2D eigenvalue weighted by Gasteiger charge is 2.33. The van der Waals surface area contributed by atoms with Gasteiger partial charge >= 0.3 is 0 Å². The topological polar surface area (TPSA) is 73.4 Å². The molecule has 0 saturated carbocycles. The Hall–Kier alpha value is -1.60. The molecule has 2 N–H and O–H groups in total. The van der Waals surface area contributed by atoms with Gasteiger partial charge in [0.05, 0.1) is 16.8 Å². The molecule has 0 bridgehead atoms. The van der Waals surface area contributed by atoms with Crippen LogP contribution in [-0.2, 0) is 4.74 Å². The van der Waals surface area contributed by atoms with E-state index in [4.69, 9.17) is 33.7 Å². The van der Waals surface area contributed by atoms with Crippen molar-refractivity contribution < 1.29 is 9.53 Å². The van der Waals surface area contributed by atoms with E-state index >= 15 is 0 Å². The molecule has 3 heterocycles. The number of rotatable bonds is 3. The third kappa shape index (κ3) is 4.45. The first kappa shape index (κ1) is 20.7. The lowest BCUT2D eigenvalue weighted by Crippen LogP contribution is -2.47. The molecular formula is C21H26Cl2N4O2. The number of ether oxygens (including phenoxy) is 1. The van der Waals surface area contributed by atoms with Crippen LogP contribution in [0.1, 0.15) is 41.9 Å². The van der Waals surface area contributed by atoms with Crippen molar-refractivity contribution in [2.24, 2.45) is 11.7 Å². The average molecular weight is 437 g/mol. The molecule has 2 aliphatic heterocycles. The predicted molar refractivity (Wildman–Crippen MR) is 114 cm³/mol. The summed E-state index contributed by atoms with van der Waals surface area (Å²) in [4.78, 5) is 15.1. The normalized spacial score (nSPS) is 25.2. The first-order valence-corrected chi connectivity index (χ1v) is 10.9. The Labute approximate surface area is 180 Å². The second kappa shape index (κ2) is 8.64. The van der Waals surface area contributed by atoms with E-state index in [1.54, 1.807) is 22.9 Å². The van der Waals surface area contributed by atoms with Crippen LogP contribution in [-0.4, -0.2) is 52.4 Å². The smallest absolute Gasteiger partial charge is 0.274 e. The van der Waals surface area contributed by atoms with E-state index in [0.29, 0.717) is 40.5 Å². The monoisotopic (exact) mass is 436 g/mol. The highest BCUT2D eigenvalue weighted by molar-refractivity contribution is 6.35. The van der Waals surface area contributed by atoms with E-state index in [1.807, 2.05) is 17.9 Å².